The first kappa shape index (κ1) is 13.1. The van der Waals surface area contributed by atoms with Gasteiger partial charge in [0, 0.05) is 11.1 Å². The largest absolute Gasteiger partial charge is 0.347 e. The first-order valence-corrected chi connectivity index (χ1v) is 4.85. The monoisotopic (exact) mass is 258 g/mol. The second kappa shape index (κ2) is 5.40. The van der Waals surface area contributed by atoms with E-state index in [-0.39, 0.29) is 17.1 Å². The summed E-state index contributed by atoms with van der Waals surface area (Å²) in [6.45, 7) is 3.29. The molecule has 0 aromatic heterocycles. The summed E-state index contributed by atoms with van der Waals surface area (Å²) >= 11 is 5.43. The maximum Gasteiger partial charge on any atom is 0.282 e. The summed E-state index contributed by atoms with van der Waals surface area (Å²) in [4.78, 5) is 21.4. The quantitative estimate of drug-likeness (QED) is 0.665. The van der Waals surface area contributed by atoms with Crippen molar-refractivity contribution in [2.24, 2.45) is 0 Å². The van der Waals surface area contributed by atoms with Gasteiger partial charge in [0.25, 0.3) is 11.6 Å². The molecule has 0 heterocycles. The molecule has 0 aliphatic rings. The van der Waals surface area contributed by atoms with E-state index in [0.717, 1.165) is 18.2 Å². The summed E-state index contributed by atoms with van der Waals surface area (Å²) in [7, 11) is 0. The van der Waals surface area contributed by atoms with Crippen molar-refractivity contribution in [2.45, 2.75) is 0 Å². The van der Waals surface area contributed by atoms with E-state index in [9.17, 15) is 19.3 Å². The number of benzene rings is 1. The van der Waals surface area contributed by atoms with Crippen LogP contribution in [0.5, 0.6) is 0 Å². The molecule has 0 aliphatic carbocycles. The van der Waals surface area contributed by atoms with Crippen molar-refractivity contribution in [3.8, 4) is 0 Å². The van der Waals surface area contributed by atoms with Gasteiger partial charge in [-0.05, 0) is 12.1 Å². The Labute approximate surface area is 101 Å². The Hall–Kier alpha value is -1.95. The summed E-state index contributed by atoms with van der Waals surface area (Å²) in [6, 6.07) is 2.64. The van der Waals surface area contributed by atoms with Crippen LogP contribution in [0.4, 0.5) is 10.1 Å². The van der Waals surface area contributed by atoms with E-state index in [2.05, 4.69) is 11.9 Å². The van der Waals surface area contributed by atoms with Crippen LogP contribution in [-0.4, -0.2) is 17.4 Å². The predicted octanol–water partition coefficient (Wildman–Crippen LogP) is 2.22. The third-order valence-electron chi connectivity index (χ3n) is 1.84. The number of amides is 1. The fourth-order valence-corrected chi connectivity index (χ4v) is 1.19. The fraction of sp³-hybridized carbons (Fsp3) is 0.100. The van der Waals surface area contributed by atoms with E-state index in [4.69, 9.17) is 11.6 Å². The second-order valence-electron chi connectivity index (χ2n) is 3.12. The van der Waals surface area contributed by atoms with Crippen molar-refractivity contribution in [2.75, 3.05) is 6.54 Å². The van der Waals surface area contributed by atoms with Crippen molar-refractivity contribution < 1.29 is 14.1 Å². The Morgan fingerprint density at radius 2 is 2.24 bits per heavy atom. The van der Waals surface area contributed by atoms with Crippen LogP contribution in [0.3, 0.4) is 0 Å². The topological polar surface area (TPSA) is 72.2 Å². The zero-order valence-electron chi connectivity index (χ0n) is 8.57. The Kier molecular flexibility index (Phi) is 4.17. The van der Waals surface area contributed by atoms with Gasteiger partial charge in [0.1, 0.15) is 11.4 Å². The van der Waals surface area contributed by atoms with Gasteiger partial charge in [-0.3, -0.25) is 14.9 Å². The molecule has 0 bridgehead atoms. The number of carbonyl (C=O) groups excluding carboxylic acids is 1. The number of hydrogen-bond donors (Lipinski definition) is 1. The molecule has 0 fully saturated rings. The molecule has 5 nitrogen and oxygen atoms in total. The van der Waals surface area contributed by atoms with Gasteiger partial charge in [0.15, 0.2) is 0 Å². The lowest BCUT2D eigenvalue weighted by Gasteiger charge is -2.04. The molecule has 1 aromatic carbocycles. The van der Waals surface area contributed by atoms with Crippen LogP contribution in [0.1, 0.15) is 10.4 Å². The molecule has 0 spiro atoms. The van der Waals surface area contributed by atoms with Crippen LogP contribution in [-0.2, 0) is 0 Å². The van der Waals surface area contributed by atoms with Gasteiger partial charge in [0.05, 0.1) is 11.5 Å². The molecule has 7 heteroatoms. The Morgan fingerprint density at radius 3 is 2.76 bits per heavy atom. The maximum absolute atomic E-state index is 12.9. The molecule has 0 saturated carbocycles. The number of rotatable bonds is 4. The molecule has 0 radical (unpaired) electrons. The maximum atomic E-state index is 12.9. The molecule has 1 rings (SSSR count). The van der Waals surface area contributed by atoms with E-state index in [1.165, 1.54) is 0 Å². The molecule has 1 amide bonds. The van der Waals surface area contributed by atoms with Crippen molar-refractivity contribution in [3.63, 3.8) is 0 Å². The summed E-state index contributed by atoms with van der Waals surface area (Å²) < 4.78 is 12.9. The van der Waals surface area contributed by atoms with Gasteiger partial charge in [-0.15, -0.1) is 0 Å². The average molecular weight is 259 g/mol. The number of carbonyl (C=O) groups is 1. The molecule has 17 heavy (non-hydrogen) atoms. The molecule has 1 N–H and O–H groups in total. The highest BCUT2D eigenvalue weighted by molar-refractivity contribution is 6.29. The first-order valence-electron chi connectivity index (χ1n) is 4.47. The number of nitro benzene ring substituents is 1. The number of nitro groups is 1. The predicted molar refractivity (Wildman–Crippen MR) is 60.4 cm³/mol. The minimum atomic E-state index is -0.780. The van der Waals surface area contributed by atoms with Gasteiger partial charge in [-0.1, -0.05) is 18.2 Å². The van der Waals surface area contributed by atoms with Gasteiger partial charge < -0.3 is 5.32 Å². The van der Waals surface area contributed by atoms with Gasteiger partial charge in [-0.25, -0.2) is 4.39 Å². The van der Waals surface area contributed by atoms with Crippen LogP contribution in [0, 0.1) is 15.9 Å². The smallest absolute Gasteiger partial charge is 0.282 e. The Morgan fingerprint density at radius 1 is 1.59 bits per heavy atom. The zero-order chi connectivity index (χ0) is 13.0. The van der Waals surface area contributed by atoms with Crippen molar-refractivity contribution in [1.82, 2.24) is 5.32 Å². The minimum Gasteiger partial charge on any atom is -0.347 e. The molecular formula is C10H8ClFN2O3. The number of hydrogen-bond acceptors (Lipinski definition) is 3. The lowest BCUT2D eigenvalue weighted by molar-refractivity contribution is -0.385. The number of nitrogens with one attached hydrogen (secondary N) is 1. The minimum absolute atomic E-state index is 0.0476. The molecule has 1 aromatic rings. The third-order valence-corrected chi connectivity index (χ3v) is 1.97. The van der Waals surface area contributed by atoms with Crippen molar-refractivity contribution in [3.05, 3.63) is 51.3 Å². The van der Waals surface area contributed by atoms with E-state index in [1.807, 2.05) is 0 Å². The molecule has 0 saturated heterocycles. The van der Waals surface area contributed by atoms with E-state index in [0.29, 0.717) is 0 Å². The van der Waals surface area contributed by atoms with Gasteiger partial charge in [0.2, 0.25) is 0 Å². The highest BCUT2D eigenvalue weighted by Crippen LogP contribution is 2.19. The van der Waals surface area contributed by atoms with Crippen LogP contribution in [0.25, 0.3) is 0 Å². The van der Waals surface area contributed by atoms with E-state index < -0.39 is 22.3 Å². The van der Waals surface area contributed by atoms with E-state index >= 15 is 0 Å². The molecule has 0 atom stereocenters. The third kappa shape index (κ3) is 3.53. The molecular weight excluding hydrogens is 251 g/mol. The summed E-state index contributed by atoms with van der Waals surface area (Å²) in [5.74, 6) is -1.51. The van der Waals surface area contributed by atoms with Crippen LogP contribution in [0.15, 0.2) is 29.8 Å². The molecule has 0 unspecified atom stereocenters. The summed E-state index contributed by atoms with van der Waals surface area (Å²) in [6.07, 6.45) is 0. The summed E-state index contributed by atoms with van der Waals surface area (Å²) in [5.41, 5.74) is -0.822. The SMILES string of the molecule is C=C(Cl)CNC(=O)c1cc(F)ccc1[N+](=O)[O-]. The number of halogens is 2. The zero-order valence-corrected chi connectivity index (χ0v) is 9.33. The van der Waals surface area contributed by atoms with Crippen molar-refractivity contribution >= 4 is 23.2 Å². The second-order valence-corrected chi connectivity index (χ2v) is 3.65. The lowest BCUT2D eigenvalue weighted by Crippen LogP contribution is -2.25. The Balaban J connectivity index is 3.02. The molecule has 90 valence electrons. The highest BCUT2D eigenvalue weighted by atomic mass is 35.5. The van der Waals surface area contributed by atoms with Crippen molar-refractivity contribution in [1.29, 1.82) is 0 Å². The average Bonchev–Trinajstić information content (AvgIpc) is 2.25. The van der Waals surface area contributed by atoms with Crippen LogP contribution < -0.4 is 5.32 Å². The van der Waals surface area contributed by atoms with E-state index in [1.54, 1.807) is 0 Å². The van der Waals surface area contributed by atoms with Crippen LogP contribution >= 0.6 is 11.6 Å². The summed E-state index contributed by atoms with van der Waals surface area (Å²) in [5, 5.41) is 13.1. The molecule has 0 aliphatic heterocycles. The first-order chi connectivity index (χ1) is 7.91. The lowest BCUT2D eigenvalue weighted by atomic mass is 10.1. The highest BCUT2D eigenvalue weighted by Gasteiger charge is 2.20. The van der Waals surface area contributed by atoms with Gasteiger partial charge in [-0.2, -0.15) is 0 Å². The number of nitrogens with zero attached hydrogens (tertiary/aromatic N) is 1. The van der Waals surface area contributed by atoms with Gasteiger partial charge >= 0.3 is 0 Å². The fourth-order valence-electron chi connectivity index (χ4n) is 1.12. The van der Waals surface area contributed by atoms with Crippen LogP contribution in [0.2, 0.25) is 0 Å². The standard InChI is InChI=1S/C10H8ClFN2O3/c1-6(11)5-13-10(15)8-4-7(12)2-3-9(8)14(16)17/h2-4H,1,5H2,(H,13,15). The normalized spacial score (nSPS) is 9.76. The Bertz CT molecular complexity index is 490.